The van der Waals surface area contributed by atoms with Gasteiger partial charge in [-0.25, -0.2) is 4.52 Å². The lowest BCUT2D eigenvalue weighted by atomic mass is 9.88. The lowest BCUT2D eigenvalue weighted by Gasteiger charge is -2.22. The zero-order valence-corrected chi connectivity index (χ0v) is 11.0. The van der Waals surface area contributed by atoms with Crippen molar-refractivity contribution in [3.05, 3.63) is 35.0 Å². The first kappa shape index (κ1) is 12.8. The number of rotatable bonds is 5. The Morgan fingerprint density at radius 3 is 2.89 bits per heavy atom. The molecule has 98 valence electrons. The molecular weight excluding hydrogens is 228 g/mol. The van der Waals surface area contributed by atoms with E-state index >= 15 is 0 Å². The van der Waals surface area contributed by atoms with Gasteiger partial charge in [-0.1, -0.05) is 13.8 Å². The number of nitrogens with zero attached hydrogens (tertiary/aromatic N) is 3. The lowest BCUT2D eigenvalue weighted by molar-refractivity contribution is 0.326. The minimum Gasteiger partial charge on any atom is -0.330 e. The largest absolute Gasteiger partial charge is 0.330 e. The monoisotopic (exact) mass is 248 g/mol. The van der Waals surface area contributed by atoms with Gasteiger partial charge in [0.05, 0.1) is 6.20 Å². The van der Waals surface area contributed by atoms with E-state index in [-0.39, 0.29) is 11.0 Å². The molecule has 0 aliphatic carbocycles. The second kappa shape index (κ2) is 4.94. The van der Waals surface area contributed by atoms with Crippen molar-refractivity contribution in [1.82, 2.24) is 14.2 Å². The summed E-state index contributed by atoms with van der Waals surface area (Å²) in [4.78, 5) is 12.1. The van der Waals surface area contributed by atoms with Gasteiger partial charge in [0.15, 0.2) is 0 Å². The van der Waals surface area contributed by atoms with Crippen LogP contribution in [0.2, 0.25) is 0 Å². The molecule has 0 bridgehead atoms. The van der Waals surface area contributed by atoms with E-state index in [0.29, 0.717) is 12.1 Å². The molecule has 0 aromatic carbocycles. The molecule has 0 aliphatic rings. The third kappa shape index (κ3) is 2.61. The van der Waals surface area contributed by atoms with E-state index < -0.39 is 0 Å². The van der Waals surface area contributed by atoms with Gasteiger partial charge in [0.2, 0.25) is 0 Å². The normalized spacial score (nSPS) is 12.2. The van der Waals surface area contributed by atoms with Gasteiger partial charge in [-0.15, -0.1) is 0 Å². The van der Waals surface area contributed by atoms with Crippen LogP contribution in [-0.2, 0) is 6.54 Å². The van der Waals surface area contributed by atoms with Gasteiger partial charge < -0.3 is 10.3 Å². The number of hydrogen-bond acceptors (Lipinski definition) is 3. The highest BCUT2D eigenvalue weighted by atomic mass is 16.1. The maximum atomic E-state index is 12.1. The molecule has 5 heteroatoms. The van der Waals surface area contributed by atoms with Crippen LogP contribution in [0.5, 0.6) is 0 Å². The van der Waals surface area contributed by atoms with E-state index in [4.69, 9.17) is 5.73 Å². The molecule has 0 saturated heterocycles. The number of nitrogens with two attached hydrogens (primary N) is 1. The van der Waals surface area contributed by atoms with E-state index in [9.17, 15) is 4.79 Å². The Labute approximate surface area is 106 Å². The van der Waals surface area contributed by atoms with Crippen LogP contribution >= 0.6 is 0 Å². The fourth-order valence-corrected chi connectivity index (χ4v) is 1.97. The highest BCUT2D eigenvalue weighted by Crippen LogP contribution is 2.20. The van der Waals surface area contributed by atoms with Crippen molar-refractivity contribution in [3.8, 4) is 0 Å². The van der Waals surface area contributed by atoms with Crippen LogP contribution < -0.4 is 11.3 Å². The molecular formula is C13H20N4O. The van der Waals surface area contributed by atoms with Gasteiger partial charge >= 0.3 is 0 Å². The fraction of sp³-hybridized carbons (Fsp3) is 0.538. The Balaban J connectivity index is 2.08. The SMILES string of the molecule is CC(C)(CN)CCCn1ccn2nccc2c1=O. The topological polar surface area (TPSA) is 65.3 Å². The van der Waals surface area contributed by atoms with Crippen LogP contribution in [0.4, 0.5) is 0 Å². The lowest BCUT2D eigenvalue weighted by Crippen LogP contribution is -2.25. The van der Waals surface area contributed by atoms with Crippen LogP contribution in [0.15, 0.2) is 29.5 Å². The zero-order chi connectivity index (χ0) is 13.2. The predicted molar refractivity (Wildman–Crippen MR) is 71.5 cm³/mol. The summed E-state index contributed by atoms with van der Waals surface area (Å²) in [5.74, 6) is 0. The molecule has 0 aliphatic heterocycles. The second-order valence-electron chi connectivity index (χ2n) is 5.43. The average Bonchev–Trinajstić information content (AvgIpc) is 2.81. The van der Waals surface area contributed by atoms with E-state index in [2.05, 4.69) is 18.9 Å². The third-order valence-corrected chi connectivity index (χ3v) is 3.34. The van der Waals surface area contributed by atoms with Crippen molar-refractivity contribution in [3.63, 3.8) is 0 Å². The summed E-state index contributed by atoms with van der Waals surface area (Å²) in [6.45, 7) is 5.69. The Morgan fingerprint density at radius 2 is 2.17 bits per heavy atom. The highest BCUT2D eigenvalue weighted by molar-refractivity contribution is 5.42. The van der Waals surface area contributed by atoms with E-state index in [1.165, 1.54) is 0 Å². The van der Waals surface area contributed by atoms with Gasteiger partial charge in [-0.05, 0) is 30.9 Å². The molecule has 0 fully saturated rings. The molecule has 2 rings (SSSR count). The maximum Gasteiger partial charge on any atom is 0.276 e. The minimum atomic E-state index is 0.0144. The third-order valence-electron chi connectivity index (χ3n) is 3.34. The highest BCUT2D eigenvalue weighted by Gasteiger charge is 2.14. The first-order valence-corrected chi connectivity index (χ1v) is 6.26. The summed E-state index contributed by atoms with van der Waals surface area (Å²) < 4.78 is 3.34. The molecule has 0 amide bonds. The van der Waals surface area contributed by atoms with Gasteiger partial charge in [-0.3, -0.25) is 4.79 Å². The molecule has 2 aromatic heterocycles. The van der Waals surface area contributed by atoms with E-state index in [0.717, 1.165) is 19.4 Å². The van der Waals surface area contributed by atoms with Crippen LogP contribution in [0.3, 0.4) is 0 Å². The van der Waals surface area contributed by atoms with Gasteiger partial charge in [0.1, 0.15) is 5.52 Å². The second-order valence-corrected chi connectivity index (χ2v) is 5.43. The molecule has 0 unspecified atom stereocenters. The smallest absolute Gasteiger partial charge is 0.276 e. The number of aromatic nitrogens is 3. The van der Waals surface area contributed by atoms with Crippen molar-refractivity contribution in [2.45, 2.75) is 33.2 Å². The molecule has 0 saturated carbocycles. The van der Waals surface area contributed by atoms with Gasteiger partial charge in [0, 0.05) is 18.9 Å². The summed E-state index contributed by atoms with van der Waals surface area (Å²) in [5, 5.41) is 4.04. The Hall–Kier alpha value is -1.62. The summed E-state index contributed by atoms with van der Waals surface area (Å²) in [6, 6.07) is 1.74. The van der Waals surface area contributed by atoms with Crippen LogP contribution in [0.25, 0.3) is 5.52 Å². The molecule has 2 heterocycles. The van der Waals surface area contributed by atoms with E-state index in [1.54, 1.807) is 27.5 Å². The first-order chi connectivity index (χ1) is 8.53. The van der Waals surface area contributed by atoms with Gasteiger partial charge in [-0.2, -0.15) is 5.10 Å². The van der Waals surface area contributed by atoms with Crippen molar-refractivity contribution in [1.29, 1.82) is 0 Å². The van der Waals surface area contributed by atoms with Crippen molar-refractivity contribution >= 4 is 5.52 Å². The predicted octanol–water partition coefficient (Wildman–Crippen LogP) is 1.26. The summed E-state index contributed by atoms with van der Waals surface area (Å²) in [7, 11) is 0. The average molecular weight is 248 g/mol. The number of hydrogen-bond donors (Lipinski definition) is 1. The van der Waals surface area contributed by atoms with Crippen LogP contribution in [0.1, 0.15) is 26.7 Å². The molecule has 5 nitrogen and oxygen atoms in total. The Kier molecular flexibility index (Phi) is 3.52. The standard InChI is InChI=1S/C13H20N4O/c1-13(2,10-14)5-3-7-16-8-9-17-11(12(16)18)4-6-15-17/h4,6,8-9H,3,5,7,10,14H2,1-2H3. The van der Waals surface area contributed by atoms with Crippen LogP contribution in [-0.4, -0.2) is 20.7 Å². The Bertz CT molecular complexity index is 582. The quantitative estimate of drug-likeness (QED) is 0.866. The van der Waals surface area contributed by atoms with Crippen LogP contribution in [0, 0.1) is 5.41 Å². The zero-order valence-electron chi connectivity index (χ0n) is 11.0. The van der Waals surface area contributed by atoms with Gasteiger partial charge in [0.25, 0.3) is 5.56 Å². The molecule has 0 radical (unpaired) electrons. The number of aryl methyl sites for hydroxylation is 1. The van der Waals surface area contributed by atoms with Crippen molar-refractivity contribution < 1.29 is 0 Å². The molecule has 18 heavy (non-hydrogen) atoms. The first-order valence-electron chi connectivity index (χ1n) is 6.26. The maximum absolute atomic E-state index is 12.1. The molecule has 2 N–H and O–H groups in total. The summed E-state index contributed by atoms with van der Waals surface area (Å²) >= 11 is 0. The van der Waals surface area contributed by atoms with Crippen molar-refractivity contribution in [2.24, 2.45) is 11.1 Å². The summed E-state index contributed by atoms with van der Waals surface area (Å²) in [5.41, 5.74) is 6.47. The fourth-order valence-electron chi connectivity index (χ4n) is 1.97. The minimum absolute atomic E-state index is 0.0144. The summed E-state index contributed by atoms with van der Waals surface area (Å²) in [6.07, 6.45) is 7.20. The molecule has 0 spiro atoms. The number of fused-ring (bicyclic) bond motifs is 1. The Morgan fingerprint density at radius 1 is 1.39 bits per heavy atom. The van der Waals surface area contributed by atoms with Crippen molar-refractivity contribution in [2.75, 3.05) is 6.54 Å². The molecule has 2 aromatic rings. The van der Waals surface area contributed by atoms with E-state index in [1.807, 2.05) is 6.20 Å². The molecule has 0 atom stereocenters.